The number of rotatable bonds is 4. The zero-order chi connectivity index (χ0) is 12.3. The molecule has 1 aromatic rings. The van der Waals surface area contributed by atoms with Crippen LogP contribution >= 0.6 is 0 Å². The molecule has 0 bridgehead atoms. The Balaban J connectivity index is 2.08. The molecule has 0 radical (unpaired) electrons. The Kier molecular flexibility index (Phi) is 3.95. The molecule has 0 saturated carbocycles. The molecular weight excluding hydrogens is 210 g/mol. The van der Waals surface area contributed by atoms with E-state index < -0.39 is 0 Å². The third-order valence-corrected chi connectivity index (χ3v) is 3.63. The van der Waals surface area contributed by atoms with Crippen LogP contribution in [0.2, 0.25) is 0 Å². The van der Waals surface area contributed by atoms with Gasteiger partial charge in [0, 0.05) is 18.0 Å². The van der Waals surface area contributed by atoms with Crippen molar-refractivity contribution in [1.29, 1.82) is 0 Å². The third-order valence-electron chi connectivity index (χ3n) is 3.63. The first-order chi connectivity index (χ1) is 8.22. The van der Waals surface area contributed by atoms with E-state index in [1.165, 1.54) is 5.56 Å². The summed E-state index contributed by atoms with van der Waals surface area (Å²) in [4.78, 5) is 12.3. The van der Waals surface area contributed by atoms with Crippen molar-refractivity contribution in [2.24, 2.45) is 11.8 Å². The molecule has 0 amide bonds. The summed E-state index contributed by atoms with van der Waals surface area (Å²) in [5.74, 6) is 0.912. The van der Waals surface area contributed by atoms with Crippen LogP contribution in [-0.2, 0) is 6.42 Å². The van der Waals surface area contributed by atoms with Gasteiger partial charge in [0.2, 0.25) is 0 Å². The maximum absolute atomic E-state index is 12.3. The van der Waals surface area contributed by atoms with E-state index in [9.17, 15) is 4.79 Å². The number of ketones is 1. The second-order valence-electron chi connectivity index (χ2n) is 5.05. The molecule has 1 heterocycles. The number of benzene rings is 1. The van der Waals surface area contributed by atoms with E-state index in [0.717, 1.165) is 31.5 Å². The van der Waals surface area contributed by atoms with Gasteiger partial charge in [0.05, 0.1) is 0 Å². The van der Waals surface area contributed by atoms with Crippen molar-refractivity contribution in [2.45, 2.75) is 26.7 Å². The molecule has 2 atom stereocenters. The summed E-state index contributed by atoms with van der Waals surface area (Å²) in [6, 6.07) is 8.14. The number of carbonyl (C=O) groups is 1. The minimum absolute atomic E-state index is 0.159. The van der Waals surface area contributed by atoms with Crippen LogP contribution < -0.4 is 5.32 Å². The summed E-state index contributed by atoms with van der Waals surface area (Å²) >= 11 is 0. The van der Waals surface area contributed by atoms with Crippen LogP contribution in [0.4, 0.5) is 0 Å². The van der Waals surface area contributed by atoms with Gasteiger partial charge >= 0.3 is 0 Å². The van der Waals surface area contributed by atoms with E-state index in [1.54, 1.807) is 0 Å². The first-order valence-electron chi connectivity index (χ1n) is 6.56. The lowest BCUT2D eigenvalue weighted by Crippen LogP contribution is -2.21. The fourth-order valence-electron chi connectivity index (χ4n) is 2.50. The maximum atomic E-state index is 12.3. The summed E-state index contributed by atoms with van der Waals surface area (Å²) in [6.45, 7) is 6.11. The standard InChI is InChI=1S/C15H21NO/c1-3-4-12-5-7-13(8-6-12)15(17)14-10-16-9-11(14)2/h5-8,11,14,16H,3-4,9-10H2,1-2H3. The van der Waals surface area contributed by atoms with Crippen LogP contribution in [0.25, 0.3) is 0 Å². The van der Waals surface area contributed by atoms with E-state index >= 15 is 0 Å². The fourth-order valence-corrected chi connectivity index (χ4v) is 2.50. The van der Waals surface area contributed by atoms with Crippen molar-refractivity contribution >= 4 is 5.78 Å². The highest BCUT2D eigenvalue weighted by Gasteiger charge is 2.29. The number of carbonyl (C=O) groups excluding carboxylic acids is 1. The number of hydrogen-bond donors (Lipinski definition) is 1. The number of Topliss-reactive ketones (excluding diaryl/α,β-unsaturated/α-hetero) is 1. The van der Waals surface area contributed by atoms with Gasteiger partial charge in [0.15, 0.2) is 5.78 Å². The first-order valence-corrected chi connectivity index (χ1v) is 6.56. The lowest BCUT2D eigenvalue weighted by atomic mass is 9.89. The summed E-state index contributed by atoms with van der Waals surface area (Å²) in [5, 5.41) is 3.28. The van der Waals surface area contributed by atoms with Crippen LogP contribution in [0, 0.1) is 11.8 Å². The van der Waals surface area contributed by atoms with Gasteiger partial charge in [-0.25, -0.2) is 0 Å². The second-order valence-corrected chi connectivity index (χ2v) is 5.05. The molecule has 92 valence electrons. The van der Waals surface area contributed by atoms with E-state index in [2.05, 4.69) is 31.3 Å². The van der Waals surface area contributed by atoms with Crippen molar-refractivity contribution in [1.82, 2.24) is 5.32 Å². The van der Waals surface area contributed by atoms with Gasteiger partial charge < -0.3 is 5.32 Å². The molecule has 1 N–H and O–H groups in total. The van der Waals surface area contributed by atoms with Gasteiger partial charge in [-0.05, 0) is 24.4 Å². The summed E-state index contributed by atoms with van der Waals surface area (Å²) in [7, 11) is 0. The molecule has 2 heteroatoms. The predicted molar refractivity (Wildman–Crippen MR) is 70.3 cm³/mol. The molecule has 1 fully saturated rings. The van der Waals surface area contributed by atoms with Crippen LogP contribution in [0.15, 0.2) is 24.3 Å². The third kappa shape index (κ3) is 2.75. The molecule has 2 unspecified atom stereocenters. The van der Waals surface area contributed by atoms with E-state index in [0.29, 0.717) is 11.7 Å². The van der Waals surface area contributed by atoms with Crippen molar-refractivity contribution in [3.8, 4) is 0 Å². The predicted octanol–water partition coefficient (Wildman–Crippen LogP) is 2.68. The maximum Gasteiger partial charge on any atom is 0.167 e. The molecule has 0 aliphatic carbocycles. The van der Waals surface area contributed by atoms with Crippen LogP contribution in [-0.4, -0.2) is 18.9 Å². The van der Waals surface area contributed by atoms with Gasteiger partial charge in [0.25, 0.3) is 0 Å². The zero-order valence-corrected chi connectivity index (χ0v) is 10.7. The fraction of sp³-hybridized carbons (Fsp3) is 0.533. The van der Waals surface area contributed by atoms with Crippen LogP contribution in [0.5, 0.6) is 0 Å². The monoisotopic (exact) mass is 231 g/mol. The Labute approximate surface area is 103 Å². The quantitative estimate of drug-likeness (QED) is 0.807. The van der Waals surface area contributed by atoms with Crippen LogP contribution in [0.1, 0.15) is 36.2 Å². The SMILES string of the molecule is CCCc1ccc(C(=O)C2CNCC2C)cc1. The Morgan fingerprint density at radius 3 is 2.53 bits per heavy atom. The van der Waals surface area contributed by atoms with Gasteiger partial charge in [-0.1, -0.05) is 44.5 Å². The van der Waals surface area contributed by atoms with Crippen molar-refractivity contribution < 1.29 is 4.79 Å². The Hall–Kier alpha value is -1.15. The van der Waals surface area contributed by atoms with E-state index in [-0.39, 0.29) is 5.92 Å². The Bertz CT molecular complexity index is 382. The minimum Gasteiger partial charge on any atom is -0.316 e. The van der Waals surface area contributed by atoms with Crippen molar-refractivity contribution in [3.63, 3.8) is 0 Å². The molecule has 2 rings (SSSR count). The average Bonchev–Trinajstić information content (AvgIpc) is 2.76. The second kappa shape index (κ2) is 5.46. The molecule has 0 spiro atoms. The average molecular weight is 231 g/mol. The largest absolute Gasteiger partial charge is 0.316 e. The summed E-state index contributed by atoms with van der Waals surface area (Å²) < 4.78 is 0. The number of aryl methyl sites for hydroxylation is 1. The molecule has 0 aromatic heterocycles. The van der Waals surface area contributed by atoms with E-state index in [4.69, 9.17) is 0 Å². The normalized spacial score (nSPS) is 23.9. The molecule has 17 heavy (non-hydrogen) atoms. The Morgan fingerprint density at radius 1 is 1.29 bits per heavy atom. The smallest absolute Gasteiger partial charge is 0.167 e. The lowest BCUT2D eigenvalue weighted by Gasteiger charge is -2.13. The number of hydrogen-bond acceptors (Lipinski definition) is 2. The zero-order valence-electron chi connectivity index (χ0n) is 10.7. The molecule has 1 saturated heterocycles. The van der Waals surface area contributed by atoms with Gasteiger partial charge in [-0.15, -0.1) is 0 Å². The molecule has 2 nitrogen and oxygen atoms in total. The van der Waals surface area contributed by atoms with Crippen molar-refractivity contribution in [3.05, 3.63) is 35.4 Å². The molecule has 1 aromatic carbocycles. The Morgan fingerprint density at radius 2 is 2.00 bits per heavy atom. The van der Waals surface area contributed by atoms with Gasteiger partial charge in [-0.3, -0.25) is 4.79 Å². The van der Waals surface area contributed by atoms with E-state index in [1.807, 2.05) is 12.1 Å². The molecule has 1 aliphatic heterocycles. The first kappa shape index (κ1) is 12.3. The summed E-state index contributed by atoms with van der Waals surface area (Å²) in [5.41, 5.74) is 2.19. The lowest BCUT2D eigenvalue weighted by molar-refractivity contribution is 0.0907. The number of nitrogens with one attached hydrogen (secondary N) is 1. The summed E-state index contributed by atoms with van der Waals surface area (Å²) in [6.07, 6.45) is 2.24. The highest BCUT2D eigenvalue weighted by Crippen LogP contribution is 2.21. The molecule has 1 aliphatic rings. The highest BCUT2D eigenvalue weighted by atomic mass is 16.1. The topological polar surface area (TPSA) is 29.1 Å². The van der Waals surface area contributed by atoms with Crippen LogP contribution in [0.3, 0.4) is 0 Å². The highest BCUT2D eigenvalue weighted by molar-refractivity contribution is 5.98. The molecular formula is C15H21NO. The van der Waals surface area contributed by atoms with Gasteiger partial charge in [-0.2, -0.15) is 0 Å². The minimum atomic E-state index is 0.159. The van der Waals surface area contributed by atoms with Gasteiger partial charge in [0.1, 0.15) is 0 Å². The van der Waals surface area contributed by atoms with Crippen molar-refractivity contribution in [2.75, 3.05) is 13.1 Å².